The number of benzene rings is 1. The van der Waals surface area contributed by atoms with E-state index < -0.39 is 0 Å². The summed E-state index contributed by atoms with van der Waals surface area (Å²) in [6, 6.07) is 7.52. The van der Waals surface area contributed by atoms with Crippen molar-refractivity contribution in [2.24, 2.45) is 0 Å². The van der Waals surface area contributed by atoms with E-state index in [2.05, 4.69) is 15.6 Å². The van der Waals surface area contributed by atoms with Crippen LogP contribution >= 0.6 is 11.6 Å². The first-order valence-corrected chi connectivity index (χ1v) is 10.6. The monoisotopic (exact) mass is 441 g/mol. The average Bonchev–Trinajstić information content (AvgIpc) is 3.15. The van der Waals surface area contributed by atoms with Crippen molar-refractivity contribution in [2.45, 2.75) is 46.4 Å². The minimum atomic E-state index is -0.196. The highest BCUT2D eigenvalue weighted by Gasteiger charge is 2.13. The first-order chi connectivity index (χ1) is 14.9. The summed E-state index contributed by atoms with van der Waals surface area (Å²) in [6.07, 6.45) is 5.45. The van der Waals surface area contributed by atoms with E-state index >= 15 is 0 Å². The van der Waals surface area contributed by atoms with Crippen LogP contribution in [-0.2, 0) is 37.4 Å². The lowest BCUT2D eigenvalue weighted by Gasteiger charge is -2.13. The van der Waals surface area contributed by atoms with E-state index in [4.69, 9.17) is 11.6 Å². The number of imidazole rings is 1. The van der Waals surface area contributed by atoms with Gasteiger partial charge in [0.15, 0.2) is 0 Å². The molecule has 0 aliphatic carbocycles. The van der Waals surface area contributed by atoms with Crippen LogP contribution in [0.5, 0.6) is 0 Å². The quantitative estimate of drug-likeness (QED) is 0.534. The summed E-state index contributed by atoms with van der Waals surface area (Å²) in [4.78, 5) is 29.8. The number of nitrogens with one attached hydrogen (secondary N) is 2. The number of hydrogen-bond donors (Lipinski definition) is 2. The number of aromatic nitrogens is 3. The Morgan fingerprint density at radius 3 is 2.55 bits per heavy atom. The van der Waals surface area contributed by atoms with Crippen LogP contribution in [0, 0.1) is 13.8 Å². The van der Waals surface area contributed by atoms with Gasteiger partial charge in [0.25, 0.3) is 5.56 Å². The first kappa shape index (κ1) is 22.8. The van der Waals surface area contributed by atoms with Gasteiger partial charge >= 0.3 is 0 Å². The predicted octanol–water partition coefficient (Wildman–Crippen LogP) is 2.59. The summed E-state index contributed by atoms with van der Waals surface area (Å²) in [6.45, 7) is 5.98. The molecule has 1 aromatic carbocycles. The lowest BCUT2D eigenvalue weighted by atomic mass is 10.1. The Balaban J connectivity index is 1.68. The summed E-state index contributed by atoms with van der Waals surface area (Å²) >= 11 is 6.11. The third kappa shape index (κ3) is 5.83. The van der Waals surface area contributed by atoms with Crippen molar-refractivity contribution in [2.75, 3.05) is 7.05 Å². The molecule has 0 fully saturated rings. The molecule has 0 saturated heterocycles. The van der Waals surface area contributed by atoms with Gasteiger partial charge in [-0.05, 0) is 55.8 Å². The van der Waals surface area contributed by atoms with Crippen LogP contribution in [0.15, 0.2) is 47.7 Å². The molecular weight excluding hydrogens is 414 g/mol. The number of nitrogens with zero attached hydrogens (tertiary/aromatic N) is 3. The molecule has 0 radical (unpaired) electrons. The number of aryl methyl sites for hydroxylation is 4. The summed E-state index contributed by atoms with van der Waals surface area (Å²) < 4.78 is 3.64. The van der Waals surface area contributed by atoms with Crippen LogP contribution in [0.3, 0.4) is 0 Å². The Labute approximate surface area is 187 Å². The van der Waals surface area contributed by atoms with Crippen LogP contribution in [0.2, 0.25) is 5.02 Å². The Morgan fingerprint density at radius 1 is 1.06 bits per heavy atom. The summed E-state index contributed by atoms with van der Waals surface area (Å²) in [5, 5.41) is 6.66. The molecular formula is C23H28ClN5O2. The zero-order valence-corrected chi connectivity index (χ0v) is 18.9. The van der Waals surface area contributed by atoms with Gasteiger partial charge < -0.3 is 19.8 Å². The van der Waals surface area contributed by atoms with Gasteiger partial charge in [-0.3, -0.25) is 9.59 Å². The third-order valence-corrected chi connectivity index (χ3v) is 5.59. The van der Waals surface area contributed by atoms with Gasteiger partial charge in [-0.1, -0.05) is 17.7 Å². The molecule has 3 rings (SSSR count). The normalized spacial score (nSPS) is 11.0. The Hall–Kier alpha value is -2.90. The summed E-state index contributed by atoms with van der Waals surface area (Å²) in [5.74, 6) is 0.706. The zero-order valence-electron chi connectivity index (χ0n) is 18.1. The van der Waals surface area contributed by atoms with Crippen molar-refractivity contribution >= 4 is 17.5 Å². The van der Waals surface area contributed by atoms with Gasteiger partial charge in [-0.15, -0.1) is 0 Å². The van der Waals surface area contributed by atoms with Crippen molar-refractivity contribution < 1.29 is 4.79 Å². The number of carbonyl (C=O) groups excluding carboxylic acids is 1. The SMILES string of the molecule is CNCc1ccc(Cl)cc1CNC(=O)Cc1c(C)ccn(CCn2ccnc2C)c1=O. The molecule has 0 spiro atoms. The second-order valence-corrected chi connectivity index (χ2v) is 7.98. The zero-order chi connectivity index (χ0) is 22.4. The summed E-state index contributed by atoms with van der Waals surface area (Å²) in [5.41, 5.74) is 3.22. The number of halogens is 1. The molecule has 0 atom stereocenters. The van der Waals surface area contributed by atoms with Crippen LogP contribution < -0.4 is 16.2 Å². The third-order valence-electron chi connectivity index (χ3n) is 5.35. The van der Waals surface area contributed by atoms with E-state index in [1.165, 1.54) is 0 Å². The molecule has 8 heteroatoms. The second kappa shape index (κ2) is 10.4. The summed E-state index contributed by atoms with van der Waals surface area (Å²) in [7, 11) is 1.87. The average molecular weight is 442 g/mol. The topological polar surface area (TPSA) is 80.9 Å². The standard InChI is InChI=1S/C23H28ClN5O2/c1-16-6-8-29(11-10-28-9-7-26-17(28)2)23(31)21(16)13-22(30)27-15-19-12-20(24)5-4-18(19)14-25-3/h4-9,12,25H,10-11,13-15H2,1-3H3,(H,27,30). The molecule has 0 aliphatic heterocycles. The smallest absolute Gasteiger partial charge is 0.254 e. The number of hydrogen-bond acceptors (Lipinski definition) is 4. The molecule has 2 aromatic heterocycles. The van der Waals surface area contributed by atoms with Gasteiger partial charge in [0.05, 0.1) is 6.42 Å². The highest BCUT2D eigenvalue weighted by molar-refractivity contribution is 6.30. The van der Waals surface area contributed by atoms with E-state index in [0.717, 1.165) is 22.5 Å². The maximum atomic E-state index is 13.0. The van der Waals surface area contributed by atoms with Gasteiger partial charge in [-0.2, -0.15) is 0 Å². The highest BCUT2D eigenvalue weighted by atomic mass is 35.5. The number of amides is 1. The van der Waals surface area contributed by atoms with Gasteiger partial charge in [0.2, 0.25) is 5.91 Å². The minimum Gasteiger partial charge on any atom is -0.352 e. The van der Waals surface area contributed by atoms with Crippen molar-refractivity contribution in [3.63, 3.8) is 0 Å². The second-order valence-electron chi connectivity index (χ2n) is 7.54. The van der Waals surface area contributed by atoms with Crippen molar-refractivity contribution in [1.29, 1.82) is 0 Å². The van der Waals surface area contributed by atoms with Crippen LogP contribution in [-0.4, -0.2) is 27.1 Å². The lowest BCUT2D eigenvalue weighted by molar-refractivity contribution is -0.120. The molecule has 164 valence electrons. The van der Waals surface area contributed by atoms with Crippen molar-refractivity contribution in [3.05, 3.63) is 86.3 Å². The molecule has 0 unspecified atom stereocenters. The van der Waals surface area contributed by atoms with Crippen LogP contribution in [0.1, 0.15) is 28.1 Å². The van der Waals surface area contributed by atoms with Gasteiger partial charge in [0.1, 0.15) is 5.82 Å². The largest absolute Gasteiger partial charge is 0.352 e. The fourth-order valence-corrected chi connectivity index (χ4v) is 3.69. The van der Waals surface area contributed by atoms with E-state index in [1.807, 2.05) is 55.9 Å². The Kier molecular flexibility index (Phi) is 7.65. The van der Waals surface area contributed by atoms with E-state index in [-0.39, 0.29) is 17.9 Å². The predicted molar refractivity (Wildman–Crippen MR) is 122 cm³/mol. The molecule has 2 N–H and O–H groups in total. The molecule has 3 aromatic rings. The van der Waals surface area contributed by atoms with Crippen molar-refractivity contribution in [1.82, 2.24) is 24.8 Å². The maximum Gasteiger partial charge on any atom is 0.254 e. The van der Waals surface area contributed by atoms with Gasteiger partial charge in [0, 0.05) is 55.4 Å². The maximum absolute atomic E-state index is 13.0. The minimum absolute atomic E-state index is 0.0392. The molecule has 7 nitrogen and oxygen atoms in total. The fourth-order valence-electron chi connectivity index (χ4n) is 3.50. The number of rotatable bonds is 9. The molecule has 1 amide bonds. The number of pyridine rings is 1. The molecule has 31 heavy (non-hydrogen) atoms. The lowest BCUT2D eigenvalue weighted by Crippen LogP contribution is -2.31. The molecule has 0 bridgehead atoms. The van der Waals surface area contributed by atoms with Crippen molar-refractivity contribution in [3.8, 4) is 0 Å². The molecule has 0 aliphatic rings. The molecule has 0 saturated carbocycles. The Morgan fingerprint density at radius 2 is 1.84 bits per heavy atom. The van der Waals surface area contributed by atoms with Crippen LogP contribution in [0.4, 0.5) is 0 Å². The fraction of sp³-hybridized carbons (Fsp3) is 0.348. The first-order valence-electron chi connectivity index (χ1n) is 10.2. The van der Waals surface area contributed by atoms with E-state index in [1.54, 1.807) is 17.0 Å². The van der Waals surface area contributed by atoms with E-state index in [9.17, 15) is 9.59 Å². The number of carbonyl (C=O) groups is 1. The van der Waals surface area contributed by atoms with E-state index in [0.29, 0.717) is 36.8 Å². The highest BCUT2D eigenvalue weighted by Crippen LogP contribution is 2.16. The molecule has 2 heterocycles. The van der Waals surface area contributed by atoms with Gasteiger partial charge in [-0.25, -0.2) is 4.98 Å². The van der Waals surface area contributed by atoms with Crippen LogP contribution in [0.25, 0.3) is 0 Å². The Bertz CT molecular complexity index is 1120.